The van der Waals surface area contributed by atoms with E-state index in [1.54, 1.807) is 25.1 Å². The van der Waals surface area contributed by atoms with Crippen LogP contribution in [-0.2, 0) is 14.9 Å². The second kappa shape index (κ2) is 6.37. The van der Waals surface area contributed by atoms with Crippen molar-refractivity contribution in [3.05, 3.63) is 53.1 Å². The molecule has 1 N–H and O–H groups in total. The zero-order valence-electron chi connectivity index (χ0n) is 12.0. The molecule has 5 nitrogen and oxygen atoms in total. The first kappa shape index (κ1) is 16.3. The minimum Gasteiger partial charge on any atom is -0.379 e. The van der Waals surface area contributed by atoms with Gasteiger partial charge in [-0.15, -0.1) is 0 Å². The number of anilines is 1. The Hall–Kier alpha value is -2.05. The number of carbonyl (C=O) groups excluding carboxylic acids is 1. The monoisotopic (exact) mass is 339 g/mol. The molecule has 0 radical (unpaired) electrons. The fourth-order valence-corrected chi connectivity index (χ4v) is 2.90. The van der Waals surface area contributed by atoms with Crippen molar-refractivity contribution in [2.24, 2.45) is 0 Å². The predicted molar refractivity (Wildman–Crippen MR) is 84.7 cm³/mol. The molecule has 0 spiro atoms. The van der Waals surface area contributed by atoms with Crippen molar-refractivity contribution < 1.29 is 17.4 Å². The molecule has 0 fully saturated rings. The number of carbonyl (C=O) groups is 1. The molecule has 0 unspecified atom stereocenters. The maximum Gasteiger partial charge on any atom is 0.339 e. The van der Waals surface area contributed by atoms with Gasteiger partial charge in [0.15, 0.2) is 0 Å². The van der Waals surface area contributed by atoms with Crippen LogP contribution in [0.15, 0.2) is 47.4 Å². The molecular formula is C15H14ClNO4S. The van der Waals surface area contributed by atoms with Gasteiger partial charge in [-0.2, -0.15) is 8.42 Å². The number of aryl methyl sites for hydroxylation is 1. The summed E-state index contributed by atoms with van der Waals surface area (Å²) in [6.07, 6.45) is 0. The van der Waals surface area contributed by atoms with Crippen molar-refractivity contribution in [2.45, 2.75) is 18.7 Å². The van der Waals surface area contributed by atoms with Crippen molar-refractivity contribution in [3.8, 4) is 5.75 Å². The number of hydrogen-bond acceptors (Lipinski definition) is 4. The van der Waals surface area contributed by atoms with E-state index in [9.17, 15) is 13.2 Å². The quantitative estimate of drug-likeness (QED) is 0.867. The molecule has 2 rings (SSSR count). The summed E-state index contributed by atoms with van der Waals surface area (Å²) in [7, 11) is -3.96. The third-order valence-electron chi connectivity index (χ3n) is 2.81. The molecule has 0 aliphatic rings. The Kier molecular flexibility index (Phi) is 4.73. The van der Waals surface area contributed by atoms with E-state index in [2.05, 4.69) is 5.32 Å². The van der Waals surface area contributed by atoms with E-state index in [-0.39, 0.29) is 16.6 Å². The fraction of sp³-hybridized carbons (Fsp3) is 0.133. The third-order valence-corrected chi connectivity index (χ3v) is 4.46. The van der Waals surface area contributed by atoms with E-state index >= 15 is 0 Å². The van der Waals surface area contributed by atoms with Crippen LogP contribution in [0.1, 0.15) is 12.5 Å². The van der Waals surface area contributed by atoms with Crippen LogP contribution in [0, 0.1) is 6.92 Å². The normalized spacial score (nSPS) is 11.0. The third kappa shape index (κ3) is 3.99. The highest BCUT2D eigenvalue weighted by Gasteiger charge is 2.17. The maximum atomic E-state index is 12.2. The molecule has 0 aromatic heterocycles. The summed E-state index contributed by atoms with van der Waals surface area (Å²) < 4.78 is 29.4. The highest BCUT2D eigenvalue weighted by Crippen LogP contribution is 2.24. The first-order valence-electron chi connectivity index (χ1n) is 6.36. The lowest BCUT2D eigenvalue weighted by Crippen LogP contribution is -2.10. The van der Waals surface area contributed by atoms with Gasteiger partial charge in [0, 0.05) is 17.6 Å². The molecule has 116 valence electrons. The molecule has 2 aromatic rings. The SMILES string of the molecule is CC(=O)Nc1ccc(OS(=O)(=O)c2ccc(C)c(Cl)c2)cc1. The lowest BCUT2D eigenvalue weighted by Gasteiger charge is -2.09. The van der Waals surface area contributed by atoms with Gasteiger partial charge in [0.2, 0.25) is 5.91 Å². The van der Waals surface area contributed by atoms with Crippen LogP contribution >= 0.6 is 11.6 Å². The molecule has 0 bridgehead atoms. The van der Waals surface area contributed by atoms with Gasteiger partial charge < -0.3 is 9.50 Å². The van der Waals surface area contributed by atoms with E-state index in [0.29, 0.717) is 10.7 Å². The highest BCUT2D eigenvalue weighted by atomic mass is 35.5. The molecular weight excluding hydrogens is 326 g/mol. The van der Waals surface area contributed by atoms with Crippen molar-refractivity contribution in [1.82, 2.24) is 0 Å². The van der Waals surface area contributed by atoms with Gasteiger partial charge in [0.1, 0.15) is 10.6 Å². The molecule has 0 saturated heterocycles. The van der Waals surface area contributed by atoms with Gasteiger partial charge in [-0.05, 0) is 48.9 Å². The van der Waals surface area contributed by atoms with Crippen molar-refractivity contribution in [2.75, 3.05) is 5.32 Å². The van der Waals surface area contributed by atoms with Crippen LogP contribution in [0.4, 0.5) is 5.69 Å². The summed E-state index contributed by atoms with van der Waals surface area (Å²) in [6.45, 7) is 3.16. The Labute approximate surface area is 134 Å². The molecule has 0 saturated carbocycles. The topological polar surface area (TPSA) is 72.5 Å². The average Bonchev–Trinajstić information content (AvgIpc) is 2.43. The Balaban J connectivity index is 2.21. The van der Waals surface area contributed by atoms with Crippen molar-refractivity contribution >= 4 is 33.3 Å². The molecule has 0 atom stereocenters. The Bertz CT molecular complexity index is 801. The minimum absolute atomic E-state index is 0.0194. The molecule has 7 heteroatoms. The highest BCUT2D eigenvalue weighted by molar-refractivity contribution is 7.87. The predicted octanol–water partition coefficient (Wildman–Crippen LogP) is 3.37. The number of rotatable bonds is 4. The molecule has 0 aliphatic carbocycles. The summed E-state index contributed by atoms with van der Waals surface area (Å²) in [5.74, 6) is -0.0682. The summed E-state index contributed by atoms with van der Waals surface area (Å²) in [5.41, 5.74) is 1.33. The lowest BCUT2D eigenvalue weighted by atomic mass is 10.2. The van der Waals surface area contributed by atoms with Crippen molar-refractivity contribution in [3.63, 3.8) is 0 Å². The van der Waals surface area contributed by atoms with E-state index in [4.69, 9.17) is 15.8 Å². The first-order chi connectivity index (χ1) is 10.3. The summed E-state index contributed by atoms with van der Waals surface area (Å²) in [4.78, 5) is 10.9. The van der Waals surface area contributed by atoms with Crippen LogP contribution in [-0.4, -0.2) is 14.3 Å². The number of hydrogen-bond donors (Lipinski definition) is 1. The summed E-state index contributed by atoms with van der Waals surface area (Å²) in [6, 6.07) is 10.4. The summed E-state index contributed by atoms with van der Waals surface area (Å²) >= 11 is 5.93. The van der Waals surface area contributed by atoms with Crippen LogP contribution in [0.2, 0.25) is 5.02 Å². The van der Waals surface area contributed by atoms with Gasteiger partial charge in [0.25, 0.3) is 0 Å². The number of amides is 1. The number of nitrogens with one attached hydrogen (secondary N) is 1. The van der Waals surface area contributed by atoms with Crippen LogP contribution in [0.5, 0.6) is 5.75 Å². The number of benzene rings is 2. The smallest absolute Gasteiger partial charge is 0.339 e. The van der Waals surface area contributed by atoms with Gasteiger partial charge in [-0.1, -0.05) is 17.7 Å². The Morgan fingerprint density at radius 2 is 1.77 bits per heavy atom. The summed E-state index contributed by atoms with van der Waals surface area (Å²) in [5, 5.41) is 2.93. The standard InChI is InChI=1S/C15H14ClNO4S/c1-10-3-8-14(9-15(10)16)22(19,20)21-13-6-4-12(5-7-13)17-11(2)18/h3-9H,1-2H3,(H,17,18). The van der Waals surface area contributed by atoms with Crippen LogP contribution in [0.3, 0.4) is 0 Å². The van der Waals surface area contributed by atoms with Crippen molar-refractivity contribution in [1.29, 1.82) is 0 Å². The second-order valence-corrected chi connectivity index (χ2v) is 6.61. The largest absolute Gasteiger partial charge is 0.379 e. The van der Waals surface area contributed by atoms with E-state index in [0.717, 1.165) is 5.56 Å². The second-order valence-electron chi connectivity index (χ2n) is 4.65. The average molecular weight is 340 g/mol. The Morgan fingerprint density at radius 1 is 1.14 bits per heavy atom. The minimum atomic E-state index is -3.96. The molecule has 2 aromatic carbocycles. The first-order valence-corrected chi connectivity index (χ1v) is 8.15. The molecule has 0 heterocycles. The van der Waals surface area contributed by atoms with E-state index in [1.165, 1.54) is 31.2 Å². The van der Waals surface area contributed by atoms with E-state index in [1.807, 2.05) is 0 Å². The fourth-order valence-electron chi connectivity index (χ4n) is 1.70. The lowest BCUT2D eigenvalue weighted by molar-refractivity contribution is -0.114. The van der Waals surface area contributed by atoms with Gasteiger partial charge in [-0.25, -0.2) is 0 Å². The Morgan fingerprint density at radius 3 is 2.32 bits per heavy atom. The molecule has 22 heavy (non-hydrogen) atoms. The van der Waals surface area contributed by atoms with E-state index < -0.39 is 10.1 Å². The number of halogens is 1. The molecule has 1 amide bonds. The van der Waals surface area contributed by atoms with Crippen LogP contribution < -0.4 is 9.50 Å². The van der Waals surface area contributed by atoms with Gasteiger partial charge in [0.05, 0.1) is 0 Å². The molecule has 0 aliphatic heterocycles. The van der Waals surface area contributed by atoms with Crippen LogP contribution in [0.25, 0.3) is 0 Å². The zero-order valence-corrected chi connectivity index (χ0v) is 13.5. The van der Waals surface area contributed by atoms with Gasteiger partial charge >= 0.3 is 10.1 Å². The zero-order chi connectivity index (χ0) is 16.3. The van der Waals surface area contributed by atoms with Gasteiger partial charge in [-0.3, -0.25) is 4.79 Å². The maximum absolute atomic E-state index is 12.2.